The van der Waals surface area contributed by atoms with Crippen LogP contribution in [0.4, 0.5) is 0 Å². The van der Waals surface area contributed by atoms with Gasteiger partial charge in [0.15, 0.2) is 17.6 Å². The molecule has 4 aliphatic rings. The molecule has 0 spiro atoms. The number of phenolic OH excluding ortho intramolecular Hbond substituents is 2. The minimum absolute atomic E-state index is 0.0244. The molecule has 9 rings (SSSR count). The van der Waals surface area contributed by atoms with Crippen molar-refractivity contribution in [1.29, 1.82) is 0 Å². The Morgan fingerprint density at radius 3 is 2.58 bits per heavy atom. The third-order valence-corrected chi connectivity index (χ3v) is 11.8. The van der Waals surface area contributed by atoms with Crippen molar-refractivity contribution in [3.63, 3.8) is 0 Å². The number of aliphatic hydroxyl groups excluding tert-OH is 1. The number of likely N-dealkylation sites (N-methyl/N-ethyl adjacent to an activating group) is 1. The molecule has 0 saturated carbocycles. The van der Waals surface area contributed by atoms with Crippen molar-refractivity contribution in [2.45, 2.75) is 55.3 Å². The first-order valence-corrected chi connectivity index (χ1v) is 18.4. The number of nitrogens with one attached hydrogen (secondary N) is 3. The van der Waals surface area contributed by atoms with Gasteiger partial charge in [0, 0.05) is 52.9 Å². The number of allylic oxidation sites excluding steroid dienone is 1. The lowest BCUT2D eigenvalue weighted by molar-refractivity contribution is -0.128. The number of aliphatic hydroxyl groups is 1. The highest BCUT2D eigenvalue weighted by Crippen LogP contribution is 2.60. The lowest BCUT2D eigenvalue weighted by atomic mass is 9.64. The molecule has 0 amide bonds. The average molecular weight is 716 g/mol. The van der Waals surface area contributed by atoms with Crippen LogP contribution in [0.3, 0.4) is 0 Å². The van der Waals surface area contributed by atoms with E-state index >= 15 is 0 Å². The summed E-state index contributed by atoms with van der Waals surface area (Å²) in [7, 11) is 5.32. The van der Waals surface area contributed by atoms with Crippen LogP contribution in [0.2, 0.25) is 0 Å². The van der Waals surface area contributed by atoms with Crippen molar-refractivity contribution in [3.8, 4) is 39.9 Å². The van der Waals surface area contributed by atoms with Gasteiger partial charge < -0.3 is 44.6 Å². The molecule has 0 fully saturated rings. The van der Waals surface area contributed by atoms with Crippen LogP contribution >= 0.6 is 0 Å². The second-order valence-corrected chi connectivity index (χ2v) is 14.8. The number of ether oxygens (including phenoxy) is 4. The van der Waals surface area contributed by atoms with Crippen LogP contribution < -0.4 is 24.8 Å². The van der Waals surface area contributed by atoms with E-state index in [0.717, 1.165) is 66.9 Å². The number of benzene rings is 4. The summed E-state index contributed by atoms with van der Waals surface area (Å²) < 4.78 is 26.4. The lowest BCUT2D eigenvalue weighted by Crippen LogP contribution is -2.54. The summed E-state index contributed by atoms with van der Waals surface area (Å²) in [6.45, 7) is 0.689. The van der Waals surface area contributed by atoms with Crippen molar-refractivity contribution in [3.05, 3.63) is 106 Å². The summed E-state index contributed by atoms with van der Waals surface area (Å²) in [5.41, 5.74) is 9.50. The molecule has 4 aromatic carbocycles. The Hall–Kier alpha value is -5.00. The van der Waals surface area contributed by atoms with E-state index in [1.807, 2.05) is 38.5 Å². The first-order chi connectivity index (χ1) is 25.9. The zero-order valence-electron chi connectivity index (χ0n) is 30.2. The number of hydrogen-bond acceptors (Lipinski definition) is 9. The highest BCUT2D eigenvalue weighted by atomic mass is 16.6. The second-order valence-electron chi connectivity index (χ2n) is 14.8. The fourth-order valence-electron chi connectivity index (χ4n) is 9.41. The van der Waals surface area contributed by atoms with Crippen LogP contribution in [-0.4, -0.2) is 73.1 Å². The van der Waals surface area contributed by atoms with E-state index in [0.29, 0.717) is 44.7 Å². The van der Waals surface area contributed by atoms with Gasteiger partial charge in [-0.05, 0) is 109 Å². The molecule has 5 atom stereocenters. The summed E-state index contributed by atoms with van der Waals surface area (Å²) in [6, 6.07) is 17.9. The number of fused-ring (bicyclic) bond motifs is 8. The Morgan fingerprint density at radius 1 is 0.925 bits per heavy atom. The van der Waals surface area contributed by atoms with Crippen LogP contribution in [0, 0.1) is 0 Å². The molecule has 2 aliphatic heterocycles. The van der Waals surface area contributed by atoms with Crippen LogP contribution in [0.5, 0.6) is 28.7 Å². The summed E-state index contributed by atoms with van der Waals surface area (Å²) in [4.78, 5) is 3.32. The van der Waals surface area contributed by atoms with Gasteiger partial charge in [0.1, 0.15) is 29.0 Å². The van der Waals surface area contributed by atoms with Gasteiger partial charge in [-0.25, -0.2) is 0 Å². The van der Waals surface area contributed by atoms with Gasteiger partial charge >= 0.3 is 0 Å². The van der Waals surface area contributed by atoms with Gasteiger partial charge in [-0.3, -0.25) is 5.32 Å². The lowest BCUT2D eigenvalue weighted by Gasteiger charge is -2.48. The first-order valence-electron chi connectivity index (χ1n) is 18.4. The zero-order chi connectivity index (χ0) is 36.4. The third-order valence-electron chi connectivity index (χ3n) is 11.8. The number of methoxy groups -OCH3 is 1. The normalized spacial score (nSPS) is 23.7. The predicted molar refractivity (Wildman–Crippen MR) is 203 cm³/mol. The van der Waals surface area contributed by atoms with Crippen molar-refractivity contribution >= 4 is 17.0 Å². The van der Waals surface area contributed by atoms with Crippen molar-refractivity contribution in [1.82, 2.24) is 15.6 Å². The molecule has 0 saturated heterocycles. The Morgan fingerprint density at radius 2 is 1.77 bits per heavy atom. The van der Waals surface area contributed by atoms with Gasteiger partial charge in [0.25, 0.3) is 0 Å². The fourth-order valence-corrected chi connectivity index (χ4v) is 9.41. The number of H-pyrrole nitrogens is 1. The highest BCUT2D eigenvalue weighted by Gasteiger charge is 2.51. The molecule has 5 unspecified atom stereocenters. The molecule has 3 heterocycles. The minimum Gasteiger partial charge on any atom is -0.507 e. The number of aromatic hydroxyl groups is 2. The number of aromatic amines is 1. The molecular weight excluding hydrogens is 670 g/mol. The van der Waals surface area contributed by atoms with Gasteiger partial charge in [-0.2, -0.15) is 0 Å². The quantitative estimate of drug-likeness (QED) is 0.0984. The number of aromatic nitrogens is 1. The largest absolute Gasteiger partial charge is 0.507 e. The van der Waals surface area contributed by atoms with E-state index in [1.54, 1.807) is 19.2 Å². The van der Waals surface area contributed by atoms with Gasteiger partial charge in [-0.15, -0.1) is 0 Å². The van der Waals surface area contributed by atoms with E-state index in [4.69, 9.17) is 18.9 Å². The predicted octanol–water partition coefficient (Wildman–Crippen LogP) is 6.22. The highest BCUT2D eigenvalue weighted by molar-refractivity contribution is 5.89. The molecular formula is C43H45N3O7. The van der Waals surface area contributed by atoms with Crippen molar-refractivity contribution in [2.24, 2.45) is 0 Å². The topological polar surface area (TPSA) is 137 Å². The van der Waals surface area contributed by atoms with Crippen LogP contribution in [0.1, 0.15) is 63.3 Å². The SMILES string of the molecule is CNCOC1(CNC)Cc2c3c(c4c(c2OC1c1ccc(O)c(OC)c1)CCC(CO)O4)-c1ccc(O)c2c1C(C3)C(c1ccc3[nH]ccc3c1)C=C2. The average Bonchev–Trinajstić information content (AvgIpc) is 3.66. The van der Waals surface area contributed by atoms with E-state index in [2.05, 4.69) is 52.0 Å². The maximum Gasteiger partial charge on any atom is 0.160 e. The van der Waals surface area contributed by atoms with E-state index < -0.39 is 11.7 Å². The van der Waals surface area contributed by atoms with E-state index in [9.17, 15) is 15.3 Å². The number of hydrogen-bond donors (Lipinski definition) is 6. The van der Waals surface area contributed by atoms with Gasteiger partial charge in [0.05, 0.1) is 20.4 Å². The molecule has 10 heteroatoms. The smallest absolute Gasteiger partial charge is 0.160 e. The molecule has 53 heavy (non-hydrogen) atoms. The van der Waals surface area contributed by atoms with Crippen molar-refractivity contribution < 1.29 is 34.3 Å². The Bertz CT molecular complexity index is 2260. The van der Waals surface area contributed by atoms with E-state index in [-0.39, 0.29) is 36.0 Å². The summed E-state index contributed by atoms with van der Waals surface area (Å²) >= 11 is 0. The molecule has 274 valence electrons. The maximum absolute atomic E-state index is 11.3. The molecule has 5 aromatic rings. The molecule has 0 bridgehead atoms. The number of rotatable bonds is 9. The Labute approximate surface area is 308 Å². The maximum atomic E-state index is 11.3. The van der Waals surface area contributed by atoms with Crippen molar-refractivity contribution in [2.75, 3.05) is 41.1 Å². The molecule has 2 aliphatic carbocycles. The summed E-state index contributed by atoms with van der Waals surface area (Å²) in [5.74, 6) is 2.29. The van der Waals surface area contributed by atoms with Gasteiger partial charge in [0.2, 0.25) is 0 Å². The van der Waals surface area contributed by atoms with Crippen LogP contribution in [0.15, 0.2) is 66.9 Å². The van der Waals surface area contributed by atoms with Gasteiger partial charge in [-0.1, -0.05) is 30.4 Å². The molecule has 0 radical (unpaired) electrons. The second kappa shape index (κ2) is 13.1. The zero-order valence-corrected chi connectivity index (χ0v) is 30.2. The third kappa shape index (κ3) is 5.30. The molecule has 10 nitrogen and oxygen atoms in total. The summed E-state index contributed by atoms with van der Waals surface area (Å²) in [6.07, 6.45) is 7.91. The summed E-state index contributed by atoms with van der Waals surface area (Å²) in [5, 5.41) is 39.9. The van der Waals surface area contributed by atoms with E-state index in [1.165, 1.54) is 5.56 Å². The Balaban J connectivity index is 1.28. The molecule has 6 N–H and O–H groups in total. The first kappa shape index (κ1) is 33.8. The Kier molecular flexibility index (Phi) is 8.38. The van der Waals surface area contributed by atoms with Crippen LogP contribution in [-0.2, 0) is 24.0 Å². The fraction of sp³-hybridized carbons (Fsp3) is 0.349. The monoisotopic (exact) mass is 715 g/mol. The standard InChI is InChI=1S/C43H45N3O7/c1-44-21-43(51-22-45-2)19-33-32-18-31-27(23-4-11-34-24(16-23)14-15-46-34)8-9-28-35(48)13-10-29(38(28)31)39(32)41-30(7-6-26(20-47)52-41)40(33)53-42(43)25-5-12-36(49)37(17-25)50-3/h4-5,8-17,26-27,31,42,44-49H,6-7,18-22H2,1-3H3. The van der Waals surface area contributed by atoms with Crippen LogP contribution in [0.25, 0.3) is 28.1 Å². The minimum atomic E-state index is -0.858. The molecule has 1 aromatic heterocycles. The number of phenols is 2.